The Labute approximate surface area is 92.3 Å². The summed E-state index contributed by atoms with van der Waals surface area (Å²) in [6.45, 7) is 5.48. The molecule has 2 rings (SSSR count). The Balaban J connectivity index is 1.60. The topological polar surface area (TPSA) is 42.5 Å². The van der Waals surface area contributed by atoms with Crippen LogP contribution in [0.4, 0.5) is 0 Å². The first-order chi connectivity index (χ1) is 6.95. The third kappa shape index (κ3) is 3.60. The number of rotatable bonds is 3. The van der Waals surface area contributed by atoms with Crippen LogP contribution in [0.15, 0.2) is 0 Å². The summed E-state index contributed by atoms with van der Waals surface area (Å²) in [4.78, 5) is 0. The summed E-state index contributed by atoms with van der Waals surface area (Å²) in [5.41, 5.74) is 0.554. The molecule has 14 heavy (non-hydrogen) atoms. The summed E-state index contributed by atoms with van der Waals surface area (Å²) in [6.07, 6.45) is 0. The average molecular weight is 236 g/mol. The van der Waals surface area contributed by atoms with Crippen molar-refractivity contribution in [3.05, 3.63) is 0 Å². The van der Waals surface area contributed by atoms with E-state index in [9.17, 15) is 0 Å². The van der Waals surface area contributed by atoms with Crippen LogP contribution in [0.25, 0.3) is 0 Å². The van der Waals surface area contributed by atoms with E-state index in [0.29, 0.717) is 0 Å². The first-order valence-corrected chi connectivity index (χ1v) is 7.19. The van der Waals surface area contributed by atoms with E-state index in [1.807, 2.05) is 0 Å². The van der Waals surface area contributed by atoms with E-state index in [1.54, 1.807) is 21.6 Å². The van der Waals surface area contributed by atoms with E-state index in [4.69, 9.17) is 9.47 Å². The summed E-state index contributed by atoms with van der Waals surface area (Å²) < 4.78 is 11.1. The molecule has 6 heteroatoms. The molecule has 2 N–H and O–H groups in total. The van der Waals surface area contributed by atoms with Gasteiger partial charge in [-0.1, -0.05) is 21.6 Å². The van der Waals surface area contributed by atoms with E-state index in [-0.39, 0.29) is 10.9 Å². The quantitative estimate of drug-likeness (QED) is 0.685. The zero-order valence-corrected chi connectivity index (χ0v) is 9.66. The fraction of sp³-hybridized carbons (Fsp3) is 1.00. The molecule has 2 fully saturated rings. The second-order valence-corrected chi connectivity index (χ2v) is 5.79. The predicted molar refractivity (Wildman–Crippen MR) is 60.4 cm³/mol. The minimum Gasteiger partial charge on any atom is -0.364 e. The third-order valence-corrected chi connectivity index (χ3v) is 4.82. The Morgan fingerprint density at radius 2 is 1.36 bits per heavy atom. The molecule has 2 saturated heterocycles. The van der Waals surface area contributed by atoms with Crippen LogP contribution in [0.5, 0.6) is 0 Å². The van der Waals surface area contributed by atoms with E-state index >= 15 is 0 Å². The van der Waals surface area contributed by atoms with E-state index in [0.717, 1.165) is 39.4 Å². The smallest absolute Gasteiger partial charge is 0.125 e. The second kappa shape index (κ2) is 6.19. The highest BCUT2D eigenvalue weighted by molar-refractivity contribution is 8.77. The van der Waals surface area contributed by atoms with Crippen LogP contribution in [0.3, 0.4) is 0 Å². The largest absolute Gasteiger partial charge is 0.364 e. The van der Waals surface area contributed by atoms with E-state index in [2.05, 4.69) is 10.6 Å². The second-order valence-electron chi connectivity index (χ2n) is 3.20. The monoisotopic (exact) mass is 236 g/mol. The van der Waals surface area contributed by atoms with Crippen molar-refractivity contribution in [3.8, 4) is 0 Å². The highest BCUT2D eigenvalue weighted by Crippen LogP contribution is 2.32. The van der Waals surface area contributed by atoms with Crippen molar-refractivity contribution in [2.24, 2.45) is 0 Å². The summed E-state index contributed by atoms with van der Waals surface area (Å²) >= 11 is 0. The van der Waals surface area contributed by atoms with Gasteiger partial charge in [-0.2, -0.15) is 0 Å². The first-order valence-electron chi connectivity index (χ1n) is 4.92. The van der Waals surface area contributed by atoms with Gasteiger partial charge in [0.05, 0.1) is 13.2 Å². The highest BCUT2D eigenvalue weighted by atomic mass is 33.1. The van der Waals surface area contributed by atoms with Gasteiger partial charge >= 0.3 is 0 Å². The molecule has 0 amide bonds. The van der Waals surface area contributed by atoms with Crippen LogP contribution >= 0.6 is 21.6 Å². The van der Waals surface area contributed by atoms with Crippen molar-refractivity contribution < 1.29 is 9.47 Å². The maximum Gasteiger partial charge on any atom is 0.125 e. The van der Waals surface area contributed by atoms with Gasteiger partial charge in [-0.3, -0.25) is 0 Å². The first kappa shape index (κ1) is 11.0. The van der Waals surface area contributed by atoms with Crippen LogP contribution in [-0.4, -0.2) is 50.3 Å². The zero-order chi connectivity index (χ0) is 9.64. The maximum atomic E-state index is 5.57. The molecule has 2 aliphatic heterocycles. The normalized spacial score (nSPS) is 34.3. The van der Waals surface area contributed by atoms with Gasteiger partial charge in [-0.25, -0.2) is 0 Å². The molecule has 2 unspecified atom stereocenters. The Bertz CT molecular complexity index is 143. The molecule has 0 aliphatic carbocycles. The summed E-state index contributed by atoms with van der Waals surface area (Å²) in [6, 6.07) is 0. The zero-order valence-electron chi connectivity index (χ0n) is 8.03. The molecule has 0 radical (unpaired) electrons. The lowest BCUT2D eigenvalue weighted by molar-refractivity contribution is 0.0834. The molecule has 0 aromatic rings. The van der Waals surface area contributed by atoms with Crippen molar-refractivity contribution >= 4 is 21.6 Å². The molecule has 0 aromatic carbocycles. The predicted octanol–water partition coefficient (Wildman–Crippen LogP) is 0.260. The van der Waals surface area contributed by atoms with Crippen LogP contribution < -0.4 is 10.6 Å². The fourth-order valence-electron chi connectivity index (χ4n) is 1.33. The maximum absolute atomic E-state index is 5.57. The van der Waals surface area contributed by atoms with Crippen molar-refractivity contribution in [2.75, 3.05) is 39.4 Å². The summed E-state index contributed by atoms with van der Waals surface area (Å²) in [7, 11) is 3.54. The average Bonchev–Trinajstić information content (AvgIpc) is 2.29. The van der Waals surface area contributed by atoms with Crippen LogP contribution in [0.1, 0.15) is 0 Å². The lowest BCUT2D eigenvalue weighted by Gasteiger charge is -2.26. The van der Waals surface area contributed by atoms with Gasteiger partial charge in [0.15, 0.2) is 0 Å². The summed E-state index contributed by atoms with van der Waals surface area (Å²) in [5, 5.41) is 6.61. The van der Waals surface area contributed by atoms with Gasteiger partial charge < -0.3 is 20.1 Å². The molecule has 2 aliphatic rings. The lowest BCUT2D eigenvalue weighted by atomic mass is 10.5. The Kier molecular flexibility index (Phi) is 4.88. The molecule has 2 atom stereocenters. The molecule has 2 heterocycles. The third-order valence-electron chi connectivity index (χ3n) is 2.06. The minimum atomic E-state index is 0.277. The molecule has 0 saturated carbocycles. The molecule has 82 valence electrons. The Hall–Kier alpha value is 0.540. The van der Waals surface area contributed by atoms with Crippen LogP contribution in [0.2, 0.25) is 0 Å². The Morgan fingerprint density at radius 1 is 0.857 bits per heavy atom. The molecule has 0 spiro atoms. The van der Waals surface area contributed by atoms with Crippen molar-refractivity contribution in [2.45, 2.75) is 10.9 Å². The van der Waals surface area contributed by atoms with Gasteiger partial charge in [0.1, 0.15) is 10.9 Å². The van der Waals surface area contributed by atoms with Crippen LogP contribution in [-0.2, 0) is 9.47 Å². The summed E-state index contributed by atoms with van der Waals surface area (Å²) in [5.74, 6) is 0. The fourth-order valence-corrected chi connectivity index (χ4v) is 3.74. The van der Waals surface area contributed by atoms with Gasteiger partial charge in [0.2, 0.25) is 0 Å². The van der Waals surface area contributed by atoms with Gasteiger partial charge in [0, 0.05) is 26.2 Å². The number of hydrogen-bond donors (Lipinski definition) is 2. The molecular formula is C8H16N2O2S2. The van der Waals surface area contributed by atoms with Gasteiger partial charge in [-0.15, -0.1) is 0 Å². The van der Waals surface area contributed by atoms with Crippen LogP contribution in [0, 0.1) is 0 Å². The number of hydrogen-bond acceptors (Lipinski definition) is 6. The molecule has 4 nitrogen and oxygen atoms in total. The Morgan fingerprint density at radius 3 is 1.71 bits per heavy atom. The lowest BCUT2D eigenvalue weighted by Crippen LogP contribution is -2.38. The molecule has 0 aromatic heterocycles. The van der Waals surface area contributed by atoms with Gasteiger partial charge in [0.25, 0.3) is 0 Å². The highest BCUT2D eigenvalue weighted by Gasteiger charge is 2.19. The number of ether oxygens (including phenoxy) is 2. The van der Waals surface area contributed by atoms with Gasteiger partial charge in [-0.05, 0) is 0 Å². The standard InChI is InChI=1S/C8H16N2O2S2/c1-3-11-7(5-9-1)13-14-8-6-10-2-4-12-8/h7-10H,1-6H2. The number of nitrogens with one attached hydrogen (secondary N) is 2. The molecular weight excluding hydrogens is 220 g/mol. The van der Waals surface area contributed by atoms with Crippen molar-refractivity contribution in [1.82, 2.24) is 10.6 Å². The van der Waals surface area contributed by atoms with E-state index in [1.165, 1.54) is 0 Å². The van der Waals surface area contributed by atoms with Crippen molar-refractivity contribution in [3.63, 3.8) is 0 Å². The van der Waals surface area contributed by atoms with Crippen molar-refractivity contribution in [1.29, 1.82) is 0 Å². The van der Waals surface area contributed by atoms with E-state index < -0.39 is 0 Å². The minimum absolute atomic E-state index is 0.277. The number of morpholine rings is 2. The molecule has 0 bridgehead atoms. The SMILES string of the molecule is C1COC(SSC2CNCCO2)CN1.